The van der Waals surface area contributed by atoms with Crippen LogP contribution in [0.1, 0.15) is 42.9 Å². The molecule has 1 N–H and O–H groups in total. The van der Waals surface area contributed by atoms with E-state index in [0.29, 0.717) is 0 Å². The lowest BCUT2D eigenvalue weighted by molar-refractivity contribution is -0.133. The van der Waals surface area contributed by atoms with Crippen LogP contribution in [0.3, 0.4) is 0 Å². The first-order valence-electron chi connectivity index (χ1n) is 12.7. The fourth-order valence-electron chi connectivity index (χ4n) is 5.09. The van der Waals surface area contributed by atoms with Gasteiger partial charge in [-0.1, -0.05) is 35.3 Å². The van der Waals surface area contributed by atoms with Crippen molar-refractivity contribution in [1.82, 2.24) is 15.3 Å². The summed E-state index contributed by atoms with van der Waals surface area (Å²) >= 11 is 12.8. The third kappa shape index (κ3) is 5.75. The average molecular weight is 617 g/mol. The molecule has 1 saturated heterocycles. The van der Waals surface area contributed by atoms with E-state index < -0.39 is 60.4 Å². The summed E-state index contributed by atoms with van der Waals surface area (Å²) in [5.74, 6) is -5.91. The molecule has 2 aliphatic rings. The number of pyridine rings is 2. The van der Waals surface area contributed by atoms with Crippen molar-refractivity contribution in [2.45, 2.75) is 49.7 Å². The Labute approximate surface area is 247 Å². The van der Waals surface area contributed by atoms with Gasteiger partial charge in [0.1, 0.15) is 23.7 Å². The molecule has 42 heavy (non-hydrogen) atoms. The molecule has 0 unspecified atom stereocenters. The predicted octanol–water partition coefficient (Wildman–Crippen LogP) is 4.98. The maximum Gasteiger partial charge on any atom is 0.252 e. The van der Waals surface area contributed by atoms with Crippen LogP contribution < -0.4 is 15.1 Å². The molecule has 1 aliphatic carbocycles. The Bertz CT molecular complexity index is 1610. The van der Waals surface area contributed by atoms with Gasteiger partial charge in [-0.05, 0) is 24.6 Å². The van der Waals surface area contributed by atoms with Gasteiger partial charge in [-0.15, -0.1) is 0 Å². The van der Waals surface area contributed by atoms with Crippen molar-refractivity contribution in [1.29, 1.82) is 5.26 Å². The van der Waals surface area contributed by atoms with Crippen LogP contribution in [-0.2, 0) is 14.4 Å². The van der Waals surface area contributed by atoms with Crippen LogP contribution in [0.5, 0.6) is 0 Å². The number of carbonyl (C=O) groups excluding carboxylic acids is 3. The lowest BCUT2D eigenvalue weighted by Gasteiger charge is -2.39. The second kappa shape index (κ2) is 11.6. The number of nitrogens with zero attached hydrogens (tertiary/aromatic N) is 5. The lowest BCUT2D eigenvalue weighted by atomic mass is 9.87. The van der Waals surface area contributed by atoms with Gasteiger partial charge in [-0.25, -0.2) is 18.2 Å². The molecule has 2 atom stereocenters. The molecule has 14 heteroatoms. The second-order valence-electron chi connectivity index (χ2n) is 9.92. The van der Waals surface area contributed by atoms with Crippen molar-refractivity contribution in [2.24, 2.45) is 0 Å². The fraction of sp³-hybridized carbons (Fsp3) is 0.286. The summed E-state index contributed by atoms with van der Waals surface area (Å²) in [5, 5.41) is 11.8. The molecule has 3 amide bonds. The van der Waals surface area contributed by atoms with E-state index in [1.54, 1.807) is 0 Å². The maximum atomic E-state index is 14.5. The zero-order valence-electron chi connectivity index (χ0n) is 21.6. The highest BCUT2D eigenvalue weighted by Crippen LogP contribution is 2.40. The summed E-state index contributed by atoms with van der Waals surface area (Å²) in [6, 6.07) is 6.30. The molecule has 2 fully saturated rings. The summed E-state index contributed by atoms with van der Waals surface area (Å²) in [6.07, 6.45) is 2.09. The number of rotatable bonds is 7. The van der Waals surface area contributed by atoms with E-state index in [0.717, 1.165) is 28.3 Å². The maximum absolute atomic E-state index is 14.5. The third-order valence-electron chi connectivity index (χ3n) is 7.04. The van der Waals surface area contributed by atoms with E-state index in [1.807, 2.05) is 6.07 Å². The van der Waals surface area contributed by atoms with E-state index in [2.05, 4.69) is 15.3 Å². The number of aromatic nitrogens is 2. The molecule has 1 aliphatic heterocycles. The smallest absolute Gasteiger partial charge is 0.252 e. The number of benzene rings is 1. The summed E-state index contributed by atoms with van der Waals surface area (Å²) in [4.78, 5) is 51.3. The van der Waals surface area contributed by atoms with Crippen LogP contribution in [0, 0.1) is 17.1 Å². The Balaban J connectivity index is 1.63. The molecular weight excluding hydrogens is 596 g/mol. The number of nitriles is 1. The predicted molar refractivity (Wildman–Crippen MR) is 146 cm³/mol. The van der Waals surface area contributed by atoms with Crippen molar-refractivity contribution < 1.29 is 27.6 Å². The Kier molecular flexibility index (Phi) is 8.08. The van der Waals surface area contributed by atoms with Crippen molar-refractivity contribution in [3.63, 3.8) is 0 Å². The van der Waals surface area contributed by atoms with Crippen molar-refractivity contribution in [3.8, 4) is 6.07 Å². The molecular formula is C28H21Cl2F3N6O3. The number of amides is 3. The van der Waals surface area contributed by atoms with E-state index >= 15 is 0 Å². The summed E-state index contributed by atoms with van der Waals surface area (Å²) in [7, 11) is 0. The topological polar surface area (TPSA) is 119 Å². The molecule has 1 saturated carbocycles. The number of alkyl halides is 2. The molecule has 0 bridgehead atoms. The normalized spacial score (nSPS) is 18.6. The highest BCUT2D eigenvalue weighted by atomic mass is 35.5. The Morgan fingerprint density at radius 1 is 1.19 bits per heavy atom. The summed E-state index contributed by atoms with van der Waals surface area (Å²) in [5.41, 5.74) is 0.0661. The monoisotopic (exact) mass is 616 g/mol. The number of halogens is 5. The molecule has 0 spiro atoms. The van der Waals surface area contributed by atoms with Crippen molar-refractivity contribution >= 4 is 52.4 Å². The molecule has 1 aromatic carbocycles. The SMILES string of the molecule is N#Cc1ccnc(N2C(=O)CC[C@H]2C(=O)N(c2cncc(F)c2)[C@H](C(=O)NC2CC(F)(F)C2)c2cccc(Cl)c2Cl)c1. The van der Waals surface area contributed by atoms with E-state index in [1.165, 1.54) is 36.5 Å². The number of carbonyl (C=O) groups is 3. The van der Waals surface area contributed by atoms with Crippen LogP contribution in [0.25, 0.3) is 0 Å². The van der Waals surface area contributed by atoms with Gasteiger partial charge in [-0.3, -0.25) is 29.2 Å². The minimum Gasteiger partial charge on any atom is -0.351 e. The van der Waals surface area contributed by atoms with Crippen molar-refractivity contribution in [3.05, 3.63) is 82.0 Å². The minimum atomic E-state index is -2.95. The highest BCUT2D eigenvalue weighted by Gasteiger charge is 2.48. The van der Waals surface area contributed by atoms with Gasteiger partial charge >= 0.3 is 0 Å². The van der Waals surface area contributed by atoms with Crippen LogP contribution in [0.4, 0.5) is 24.7 Å². The third-order valence-corrected chi connectivity index (χ3v) is 7.88. The first-order valence-corrected chi connectivity index (χ1v) is 13.5. The number of anilines is 2. The molecule has 0 radical (unpaired) electrons. The van der Waals surface area contributed by atoms with Crippen LogP contribution in [0.2, 0.25) is 10.0 Å². The molecule has 216 valence electrons. The van der Waals surface area contributed by atoms with Gasteiger partial charge in [0.15, 0.2) is 0 Å². The second-order valence-corrected chi connectivity index (χ2v) is 10.7. The fourth-order valence-corrected chi connectivity index (χ4v) is 5.50. The van der Waals surface area contributed by atoms with E-state index in [4.69, 9.17) is 23.2 Å². The van der Waals surface area contributed by atoms with E-state index in [9.17, 15) is 32.8 Å². The number of hydrogen-bond acceptors (Lipinski definition) is 6. The molecule has 5 rings (SSSR count). The Morgan fingerprint density at radius 3 is 2.64 bits per heavy atom. The van der Waals surface area contributed by atoms with Gasteiger partial charge in [0.2, 0.25) is 11.8 Å². The van der Waals surface area contributed by atoms with E-state index in [-0.39, 0.29) is 45.5 Å². The Hall–Kier alpha value is -4.21. The van der Waals surface area contributed by atoms with Gasteiger partial charge in [0, 0.05) is 43.1 Å². The first kappa shape index (κ1) is 29.3. The molecule has 9 nitrogen and oxygen atoms in total. The number of hydrogen-bond donors (Lipinski definition) is 1. The van der Waals surface area contributed by atoms with Crippen LogP contribution >= 0.6 is 23.2 Å². The lowest BCUT2D eigenvalue weighted by Crippen LogP contribution is -2.56. The minimum absolute atomic E-state index is 0.00182. The average Bonchev–Trinajstić information content (AvgIpc) is 3.33. The largest absolute Gasteiger partial charge is 0.351 e. The van der Waals surface area contributed by atoms with Gasteiger partial charge < -0.3 is 5.32 Å². The quantitative estimate of drug-likeness (QED) is 0.400. The summed E-state index contributed by atoms with van der Waals surface area (Å²) in [6.45, 7) is 0. The zero-order chi connectivity index (χ0) is 30.2. The van der Waals surface area contributed by atoms with Crippen LogP contribution in [0.15, 0.2) is 55.0 Å². The van der Waals surface area contributed by atoms with Gasteiger partial charge in [0.05, 0.1) is 39.8 Å². The standard InChI is InChI=1S/C28H21Cl2F3N6O3/c29-20-3-1-2-19(24(20)30)25(26(41)37-17-10-28(32,33)11-17)38(18-9-16(31)13-35-14-18)27(42)21-4-5-23(40)39(21)22-8-15(12-34)6-7-36-22/h1-3,6-9,13-14,17,21,25H,4-5,10-11H2,(H,37,41)/t21-,25-/m0/s1. The van der Waals surface area contributed by atoms with Crippen LogP contribution in [-0.4, -0.2) is 45.7 Å². The number of nitrogens with one attached hydrogen (secondary N) is 1. The van der Waals surface area contributed by atoms with Crippen molar-refractivity contribution in [2.75, 3.05) is 9.80 Å². The zero-order valence-corrected chi connectivity index (χ0v) is 23.1. The molecule has 3 heterocycles. The first-order chi connectivity index (χ1) is 20.0. The van der Waals surface area contributed by atoms with Gasteiger partial charge in [0.25, 0.3) is 11.8 Å². The molecule has 3 aromatic rings. The summed E-state index contributed by atoms with van der Waals surface area (Å²) < 4.78 is 41.7. The highest BCUT2D eigenvalue weighted by molar-refractivity contribution is 6.42. The van der Waals surface area contributed by atoms with Gasteiger partial charge in [-0.2, -0.15) is 5.26 Å². The molecule has 2 aromatic heterocycles. The Morgan fingerprint density at radius 2 is 1.95 bits per heavy atom.